The number of aliphatic hydroxyl groups excluding tert-OH is 1. The first-order chi connectivity index (χ1) is 13.9. The number of rotatable bonds is 8. The Balaban J connectivity index is 1.51. The zero-order chi connectivity index (χ0) is 20.9. The number of hydrogen-bond acceptors (Lipinski definition) is 7. The summed E-state index contributed by atoms with van der Waals surface area (Å²) in [5.74, 6) is -0.408. The van der Waals surface area contributed by atoms with Gasteiger partial charge in [-0.3, -0.25) is 9.11 Å². The number of unbranched alkanes of at least 4 members (excludes halogenated alkanes) is 1. The second-order valence-electron chi connectivity index (χ2n) is 7.17. The summed E-state index contributed by atoms with van der Waals surface area (Å²) in [5.41, 5.74) is 3.45. The number of carbonyl (C=O) groups excluding carboxylic acids is 1. The molecule has 0 spiro atoms. The maximum absolute atomic E-state index is 12.3. The SMILES string of the molecule is CCCCc1ccc(COC(=O)c2ccc(CN3CC(O)NS3(O)O)cc2)cc1. The number of ether oxygens (including phenoxy) is 1. The maximum Gasteiger partial charge on any atom is 0.338 e. The lowest BCUT2D eigenvalue weighted by Gasteiger charge is -2.35. The first-order valence-electron chi connectivity index (χ1n) is 9.70. The summed E-state index contributed by atoms with van der Waals surface area (Å²) >= 11 is 0. The van der Waals surface area contributed by atoms with Crippen molar-refractivity contribution in [2.75, 3.05) is 6.54 Å². The smallest absolute Gasteiger partial charge is 0.338 e. The highest BCUT2D eigenvalue weighted by atomic mass is 32.3. The van der Waals surface area contributed by atoms with Crippen LogP contribution in [0.3, 0.4) is 0 Å². The van der Waals surface area contributed by atoms with Gasteiger partial charge in [0, 0.05) is 6.54 Å². The highest BCUT2D eigenvalue weighted by Crippen LogP contribution is 2.44. The Morgan fingerprint density at radius 1 is 1.10 bits per heavy atom. The number of carbonyl (C=O) groups is 1. The molecule has 8 heteroatoms. The van der Waals surface area contributed by atoms with Crippen LogP contribution in [0.5, 0.6) is 0 Å². The molecule has 1 aliphatic rings. The van der Waals surface area contributed by atoms with Crippen LogP contribution in [0.15, 0.2) is 48.5 Å². The molecule has 1 saturated heterocycles. The summed E-state index contributed by atoms with van der Waals surface area (Å²) < 4.78 is 28.9. The number of benzene rings is 2. The van der Waals surface area contributed by atoms with Crippen molar-refractivity contribution in [1.29, 1.82) is 0 Å². The predicted molar refractivity (Wildman–Crippen MR) is 113 cm³/mol. The molecule has 0 amide bonds. The Morgan fingerprint density at radius 3 is 2.31 bits per heavy atom. The number of nitrogens with zero attached hydrogens (tertiary/aromatic N) is 1. The van der Waals surface area contributed by atoms with Gasteiger partial charge in [0.2, 0.25) is 0 Å². The van der Waals surface area contributed by atoms with Crippen molar-refractivity contribution in [2.24, 2.45) is 0 Å². The number of β-amino-alcohol motifs (C(OH)–C–C–N with tert-alkyl or cyclic N) is 1. The zero-order valence-corrected chi connectivity index (χ0v) is 17.3. The van der Waals surface area contributed by atoms with Gasteiger partial charge in [-0.15, -0.1) is 0 Å². The van der Waals surface area contributed by atoms with Crippen molar-refractivity contribution in [3.8, 4) is 0 Å². The van der Waals surface area contributed by atoms with Gasteiger partial charge in [0.25, 0.3) is 0 Å². The molecule has 1 fully saturated rings. The van der Waals surface area contributed by atoms with Gasteiger partial charge in [-0.25, -0.2) is 4.79 Å². The van der Waals surface area contributed by atoms with E-state index in [1.165, 1.54) is 9.87 Å². The molecule has 29 heavy (non-hydrogen) atoms. The lowest BCUT2D eigenvalue weighted by molar-refractivity contribution is 0.0472. The van der Waals surface area contributed by atoms with E-state index in [4.69, 9.17) is 4.74 Å². The van der Waals surface area contributed by atoms with E-state index in [1.807, 2.05) is 12.1 Å². The molecule has 7 nitrogen and oxygen atoms in total. The Labute approximate surface area is 172 Å². The summed E-state index contributed by atoms with van der Waals surface area (Å²) in [6, 6.07) is 14.9. The molecule has 1 unspecified atom stereocenters. The highest BCUT2D eigenvalue weighted by molar-refractivity contribution is 8.20. The van der Waals surface area contributed by atoms with Crippen LogP contribution >= 0.6 is 11.0 Å². The molecule has 0 aromatic heterocycles. The van der Waals surface area contributed by atoms with Gasteiger partial charge >= 0.3 is 5.97 Å². The molecule has 0 aliphatic carbocycles. The molecule has 0 bridgehead atoms. The molecule has 2 aromatic carbocycles. The highest BCUT2D eigenvalue weighted by Gasteiger charge is 2.34. The fourth-order valence-corrected chi connectivity index (χ4v) is 4.38. The van der Waals surface area contributed by atoms with Crippen LogP contribution in [-0.2, 0) is 24.3 Å². The van der Waals surface area contributed by atoms with Crippen molar-refractivity contribution in [3.63, 3.8) is 0 Å². The quantitative estimate of drug-likeness (QED) is 0.483. The molecular weight excluding hydrogens is 392 g/mol. The summed E-state index contributed by atoms with van der Waals surface area (Å²) in [6.45, 7) is 2.74. The van der Waals surface area contributed by atoms with E-state index in [0.29, 0.717) is 5.56 Å². The molecular formula is C21H28N2O5S. The van der Waals surface area contributed by atoms with E-state index in [-0.39, 0.29) is 19.7 Å². The van der Waals surface area contributed by atoms with Gasteiger partial charge < -0.3 is 9.84 Å². The largest absolute Gasteiger partial charge is 0.457 e. The molecule has 1 aliphatic heterocycles. The summed E-state index contributed by atoms with van der Waals surface area (Å²) in [7, 11) is -3.17. The van der Waals surface area contributed by atoms with Crippen molar-refractivity contribution in [1.82, 2.24) is 9.03 Å². The van der Waals surface area contributed by atoms with Crippen molar-refractivity contribution < 1.29 is 23.7 Å². The average Bonchev–Trinajstić information content (AvgIpc) is 2.96. The molecule has 2 aromatic rings. The molecule has 0 radical (unpaired) electrons. The third-order valence-corrected chi connectivity index (χ3v) is 6.38. The summed E-state index contributed by atoms with van der Waals surface area (Å²) in [6.07, 6.45) is 2.41. The van der Waals surface area contributed by atoms with Crippen LogP contribution in [0.4, 0.5) is 0 Å². The van der Waals surface area contributed by atoms with Crippen LogP contribution < -0.4 is 4.72 Å². The molecule has 158 valence electrons. The van der Waals surface area contributed by atoms with Crippen LogP contribution in [-0.4, -0.2) is 37.3 Å². The molecule has 3 rings (SSSR count). The topological polar surface area (TPSA) is 102 Å². The van der Waals surface area contributed by atoms with Gasteiger partial charge in [0.15, 0.2) is 0 Å². The van der Waals surface area contributed by atoms with E-state index in [0.717, 1.165) is 30.4 Å². The predicted octanol–water partition coefficient (Wildman–Crippen LogP) is 3.69. The fraction of sp³-hybridized carbons (Fsp3) is 0.381. The first-order valence-corrected chi connectivity index (χ1v) is 11.2. The molecule has 1 atom stereocenters. The number of nitrogens with one attached hydrogen (secondary N) is 1. The van der Waals surface area contributed by atoms with Crippen LogP contribution in [0.2, 0.25) is 0 Å². The molecule has 1 heterocycles. The molecule has 0 saturated carbocycles. The van der Waals surface area contributed by atoms with Gasteiger partial charge in [0.05, 0.1) is 12.1 Å². The van der Waals surface area contributed by atoms with Crippen LogP contribution in [0, 0.1) is 0 Å². The van der Waals surface area contributed by atoms with E-state index in [2.05, 4.69) is 23.8 Å². The monoisotopic (exact) mass is 420 g/mol. The van der Waals surface area contributed by atoms with Crippen molar-refractivity contribution in [3.05, 3.63) is 70.8 Å². The molecule has 4 N–H and O–H groups in total. The minimum Gasteiger partial charge on any atom is -0.457 e. The number of aryl methyl sites for hydroxylation is 1. The fourth-order valence-electron chi connectivity index (χ4n) is 3.11. The van der Waals surface area contributed by atoms with Gasteiger partial charge in [-0.1, -0.05) is 60.7 Å². The Hall–Kier alpha value is -1.94. The normalized spacial score (nSPS) is 19.8. The van der Waals surface area contributed by atoms with E-state index >= 15 is 0 Å². The van der Waals surface area contributed by atoms with Gasteiger partial charge in [0.1, 0.15) is 12.8 Å². The third-order valence-electron chi connectivity index (χ3n) is 4.79. The lowest BCUT2D eigenvalue weighted by Crippen LogP contribution is -2.25. The van der Waals surface area contributed by atoms with Crippen LogP contribution in [0.1, 0.15) is 46.8 Å². The standard InChI is InChI=1S/C21H28N2O5S/c1-2-3-4-16-5-7-18(8-6-16)15-28-21(25)19-11-9-17(10-12-19)13-23-14-20(24)22-29(23,26)27/h5-12,20,22,24,26-27H,2-4,13-15H2,1H3. The second-order valence-corrected chi connectivity index (χ2v) is 8.96. The van der Waals surface area contributed by atoms with E-state index in [9.17, 15) is 19.0 Å². The second kappa shape index (κ2) is 9.71. The zero-order valence-electron chi connectivity index (χ0n) is 16.5. The number of aliphatic hydroxyl groups is 1. The van der Waals surface area contributed by atoms with Crippen molar-refractivity contribution >= 4 is 16.9 Å². The summed E-state index contributed by atoms with van der Waals surface area (Å²) in [5, 5.41) is 9.52. The van der Waals surface area contributed by atoms with E-state index in [1.54, 1.807) is 24.3 Å². The minimum absolute atomic E-state index is 0.114. The Morgan fingerprint density at radius 2 is 1.72 bits per heavy atom. The minimum atomic E-state index is -3.17. The van der Waals surface area contributed by atoms with Crippen molar-refractivity contribution in [2.45, 2.75) is 45.6 Å². The van der Waals surface area contributed by atoms with Gasteiger partial charge in [-0.2, -0.15) is 9.03 Å². The van der Waals surface area contributed by atoms with Crippen LogP contribution in [0.25, 0.3) is 0 Å². The maximum atomic E-state index is 12.3. The van der Waals surface area contributed by atoms with E-state index < -0.39 is 23.2 Å². The lowest BCUT2D eigenvalue weighted by atomic mass is 10.1. The summed E-state index contributed by atoms with van der Waals surface area (Å²) in [4.78, 5) is 12.3. The average molecular weight is 421 g/mol. The number of hydrogen-bond donors (Lipinski definition) is 4. The third kappa shape index (κ3) is 6.02. The first kappa shape index (κ1) is 21.8. The Kier molecular flexibility index (Phi) is 7.28. The Bertz CT molecular complexity index is 811. The number of esters is 1. The van der Waals surface area contributed by atoms with Gasteiger partial charge in [-0.05, 0) is 41.7 Å².